The molecule has 0 saturated carbocycles. The van der Waals surface area contributed by atoms with Crippen molar-refractivity contribution in [3.05, 3.63) is 42.1 Å². The molecule has 1 aromatic heterocycles. The number of nitrogens with one attached hydrogen (secondary N) is 1. The van der Waals surface area contributed by atoms with E-state index in [9.17, 15) is 13.6 Å². The van der Waals surface area contributed by atoms with Crippen molar-refractivity contribution in [1.82, 2.24) is 4.98 Å². The summed E-state index contributed by atoms with van der Waals surface area (Å²) in [4.78, 5) is 15.1. The largest absolute Gasteiger partial charge is 0.480 e. The quantitative estimate of drug-likeness (QED) is 0.858. The van der Waals surface area contributed by atoms with Crippen molar-refractivity contribution < 1.29 is 18.3 Å². The second-order valence-corrected chi connectivity index (χ2v) is 4.07. The summed E-state index contributed by atoms with van der Waals surface area (Å²) < 4.78 is 31.5. The Balaban J connectivity index is 2.04. The van der Waals surface area contributed by atoms with Gasteiger partial charge in [-0.3, -0.25) is 4.79 Å². The van der Waals surface area contributed by atoms with Crippen molar-refractivity contribution in [2.75, 3.05) is 11.9 Å². The van der Waals surface area contributed by atoms with Crippen molar-refractivity contribution in [3.63, 3.8) is 0 Å². The SMILES string of the molecule is O=C1COc2cc(-c3cc(F)cc(F)c3)cnc2N1. The zero-order valence-electron chi connectivity index (χ0n) is 9.61. The van der Waals surface area contributed by atoms with Crippen molar-refractivity contribution in [3.8, 4) is 16.9 Å². The van der Waals surface area contributed by atoms with E-state index < -0.39 is 11.6 Å². The lowest BCUT2D eigenvalue weighted by molar-refractivity contribution is -0.118. The Labute approximate surface area is 107 Å². The van der Waals surface area contributed by atoms with Gasteiger partial charge in [-0.25, -0.2) is 13.8 Å². The summed E-state index contributed by atoms with van der Waals surface area (Å²) in [6.07, 6.45) is 1.42. The van der Waals surface area contributed by atoms with Gasteiger partial charge in [0.2, 0.25) is 0 Å². The van der Waals surface area contributed by atoms with Gasteiger partial charge in [-0.05, 0) is 23.8 Å². The van der Waals surface area contributed by atoms with E-state index in [-0.39, 0.29) is 12.5 Å². The normalized spacial score (nSPS) is 13.5. The minimum atomic E-state index is -0.665. The van der Waals surface area contributed by atoms with Gasteiger partial charge in [0.15, 0.2) is 18.2 Å². The summed E-state index contributed by atoms with van der Waals surface area (Å²) >= 11 is 0. The lowest BCUT2D eigenvalue weighted by Crippen LogP contribution is -2.26. The first kappa shape index (κ1) is 11.6. The summed E-state index contributed by atoms with van der Waals surface area (Å²) in [7, 11) is 0. The molecule has 3 rings (SSSR count). The highest BCUT2D eigenvalue weighted by Gasteiger charge is 2.18. The van der Waals surface area contributed by atoms with E-state index in [1.807, 2.05) is 0 Å². The maximum absolute atomic E-state index is 13.2. The van der Waals surface area contributed by atoms with Crippen molar-refractivity contribution in [1.29, 1.82) is 0 Å². The molecular weight excluding hydrogens is 254 g/mol. The molecule has 2 aromatic rings. The number of carbonyl (C=O) groups excluding carboxylic acids is 1. The highest BCUT2D eigenvalue weighted by molar-refractivity contribution is 5.94. The van der Waals surface area contributed by atoms with Gasteiger partial charge < -0.3 is 10.1 Å². The minimum Gasteiger partial charge on any atom is -0.480 e. The molecule has 0 atom stereocenters. The number of nitrogens with zero attached hydrogens (tertiary/aromatic N) is 1. The van der Waals surface area contributed by atoms with Gasteiger partial charge in [-0.2, -0.15) is 0 Å². The first-order valence-electron chi connectivity index (χ1n) is 5.51. The van der Waals surface area contributed by atoms with Crippen LogP contribution < -0.4 is 10.1 Å². The number of halogens is 2. The molecule has 0 aliphatic carbocycles. The summed E-state index contributed by atoms with van der Waals surface area (Å²) in [5, 5.41) is 2.54. The third kappa shape index (κ3) is 2.24. The van der Waals surface area contributed by atoms with E-state index in [1.54, 1.807) is 6.07 Å². The van der Waals surface area contributed by atoms with E-state index in [0.717, 1.165) is 6.07 Å². The number of hydrogen-bond acceptors (Lipinski definition) is 3. The number of carbonyl (C=O) groups is 1. The zero-order chi connectivity index (χ0) is 13.4. The zero-order valence-corrected chi connectivity index (χ0v) is 9.61. The molecule has 4 nitrogen and oxygen atoms in total. The fourth-order valence-electron chi connectivity index (χ4n) is 1.84. The molecule has 19 heavy (non-hydrogen) atoms. The number of rotatable bonds is 1. The third-order valence-electron chi connectivity index (χ3n) is 2.67. The Morgan fingerprint density at radius 3 is 2.58 bits per heavy atom. The summed E-state index contributed by atoms with van der Waals surface area (Å²) in [6, 6.07) is 4.78. The molecule has 0 bridgehead atoms. The van der Waals surface area contributed by atoms with Crippen molar-refractivity contribution in [2.45, 2.75) is 0 Å². The highest BCUT2D eigenvalue weighted by Crippen LogP contribution is 2.31. The van der Waals surface area contributed by atoms with Gasteiger partial charge in [0.25, 0.3) is 5.91 Å². The van der Waals surface area contributed by atoms with Crippen LogP contribution in [0, 0.1) is 11.6 Å². The lowest BCUT2D eigenvalue weighted by Gasteiger charge is -2.17. The monoisotopic (exact) mass is 262 g/mol. The number of benzene rings is 1. The van der Waals surface area contributed by atoms with Crippen LogP contribution in [0.3, 0.4) is 0 Å². The first-order valence-corrected chi connectivity index (χ1v) is 5.51. The average Bonchev–Trinajstić information content (AvgIpc) is 2.37. The lowest BCUT2D eigenvalue weighted by atomic mass is 10.1. The molecule has 0 fully saturated rings. The molecule has 0 radical (unpaired) electrons. The molecule has 6 heteroatoms. The number of anilines is 1. The van der Waals surface area contributed by atoms with Crippen LogP contribution >= 0.6 is 0 Å². The second kappa shape index (κ2) is 4.31. The Morgan fingerprint density at radius 1 is 1.11 bits per heavy atom. The predicted octanol–water partition coefficient (Wildman–Crippen LogP) is 2.36. The van der Waals surface area contributed by atoms with Crippen molar-refractivity contribution >= 4 is 11.7 Å². The van der Waals surface area contributed by atoms with Crippen LogP contribution in [-0.2, 0) is 4.79 Å². The topological polar surface area (TPSA) is 51.2 Å². The number of hydrogen-bond donors (Lipinski definition) is 1. The molecule has 0 spiro atoms. The van der Waals surface area contributed by atoms with E-state index in [1.165, 1.54) is 18.3 Å². The molecule has 1 amide bonds. The minimum absolute atomic E-state index is 0.102. The molecule has 96 valence electrons. The third-order valence-corrected chi connectivity index (χ3v) is 2.67. The highest BCUT2D eigenvalue weighted by atomic mass is 19.1. The Morgan fingerprint density at radius 2 is 1.84 bits per heavy atom. The average molecular weight is 262 g/mol. The van der Waals surface area contributed by atoms with E-state index in [0.29, 0.717) is 22.7 Å². The Bertz CT molecular complexity index is 653. The van der Waals surface area contributed by atoms with Crippen LogP contribution in [0.25, 0.3) is 11.1 Å². The molecule has 0 saturated heterocycles. The van der Waals surface area contributed by atoms with E-state index in [2.05, 4.69) is 10.3 Å². The summed E-state index contributed by atoms with van der Waals surface area (Å²) in [5.74, 6) is -0.938. The summed E-state index contributed by atoms with van der Waals surface area (Å²) in [6.45, 7) is -0.102. The number of ether oxygens (including phenoxy) is 1. The molecule has 1 aliphatic rings. The maximum atomic E-state index is 13.2. The van der Waals surface area contributed by atoms with Gasteiger partial charge in [-0.1, -0.05) is 0 Å². The van der Waals surface area contributed by atoms with Crippen LogP contribution in [-0.4, -0.2) is 17.5 Å². The molecule has 1 N–H and O–H groups in total. The van der Waals surface area contributed by atoms with Gasteiger partial charge in [0, 0.05) is 17.8 Å². The fraction of sp³-hybridized carbons (Fsp3) is 0.0769. The second-order valence-electron chi connectivity index (χ2n) is 4.07. The van der Waals surface area contributed by atoms with E-state index in [4.69, 9.17) is 4.74 Å². The van der Waals surface area contributed by atoms with Gasteiger partial charge in [0.05, 0.1) is 0 Å². The van der Waals surface area contributed by atoms with Crippen LogP contribution in [0.15, 0.2) is 30.5 Å². The van der Waals surface area contributed by atoms with Gasteiger partial charge >= 0.3 is 0 Å². The van der Waals surface area contributed by atoms with Gasteiger partial charge in [0.1, 0.15) is 11.6 Å². The van der Waals surface area contributed by atoms with Crippen LogP contribution in [0.4, 0.5) is 14.6 Å². The number of aromatic nitrogens is 1. The smallest absolute Gasteiger partial charge is 0.263 e. The maximum Gasteiger partial charge on any atom is 0.263 e. The van der Waals surface area contributed by atoms with Gasteiger partial charge in [-0.15, -0.1) is 0 Å². The van der Waals surface area contributed by atoms with E-state index >= 15 is 0 Å². The Kier molecular flexibility index (Phi) is 2.63. The number of fused-ring (bicyclic) bond motifs is 1. The number of pyridine rings is 1. The van der Waals surface area contributed by atoms with Crippen molar-refractivity contribution in [2.24, 2.45) is 0 Å². The number of amides is 1. The van der Waals surface area contributed by atoms with Crippen LogP contribution in [0.1, 0.15) is 0 Å². The van der Waals surface area contributed by atoms with Crippen LogP contribution in [0.5, 0.6) is 5.75 Å². The molecule has 1 aliphatic heterocycles. The Hall–Kier alpha value is -2.50. The first-order chi connectivity index (χ1) is 9.11. The van der Waals surface area contributed by atoms with Crippen LogP contribution in [0.2, 0.25) is 0 Å². The standard InChI is InChI=1S/C13H8F2N2O2/c14-9-1-7(2-10(15)4-9)8-3-11-13(16-5-8)17-12(18)6-19-11/h1-5H,6H2,(H,16,17,18). The predicted molar refractivity (Wildman–Crippen MR) is 63.7 cm³/mol. The molecule has 2 heterocycles. The molecular formula is C13H8F2N2O2. The molecule has 0 unspecified atom stereocenters. The fourth-order valence-corrected chi connectivity index (χ4v) is 1.84. The molecule has 1 aromatic carbocycles. The summed E-state index contributed by atoms with van der Waals surface area (Å²) in [5.41, 5.74) is 0.863.